The third-order valence-corrected chi connectivity index (χ3v) is 3.67. The summed E-state index contributed by atoms with van der Waals surface area (Å²) in [4.78, 5) is 69.3. The molecule has 0 amide bonds. The van der Waals surface area contributed by atoms with Gasteiger partial charge in [-0.3, -0.25) is 0 Å². The van der Waals surface area contributed by atoms with Crippen LogP contribution in [0.2, 0.25) is 0 Å². The van der Waals surface area contributed by atoms with Crippen LogP contribution in [0.3, 0.4) is 0 Å². The second-order valence-electron chi connectivity index (χ2n) is 5.46. The molecule has 12 heteroatoms. The van der Waals surface area contributed by atoms with E-state index in [1.807, 2.05) is 0 Å². The second kappa shape index (κ2) is 10.8. The van der Waals surface area contributed by atoms with Crippen molar-refractivity contribution in [2.75, 3.05) is 0 Å². The topological polar surface area (TPSA) is 132 Å². The van der Waals surface area contributed by atoms with Crippen LogP contribution in [0.4, 0.5) is 0 Å². The van der Waals surface area contributed by atoms with E-state index in [2.05, 4.69) is 17.8 Å². The van der Waals surface area contributed by atoms with Gasteiger partial charge in [0.05, 0.1) is 19.6 Å². The lowest BCUT2D eigenvalue weighted by molar-refractivity contribution is 0.511. The molecule has 2 heterocycles. The Balaban J connectivity index is 0.000000335. The summed E-state index contributed by atoms with van der Waals surface area (Å²) in [7, 11) is 0. The first kappa shape index (κ1) is 25.2. The zero-order chi connectivity index (χ0) is 25.3. The molecular weight excluding hydrogens is 432 g/mol. The summed E-state index contributed by atoms with van der Waals surface area (Å²) in [5.74, 6) is 6.46. The van der Waals surface area contributed by atoms with Gasteiger partial charge in [0.1, 0.15) is 0 Å². The molecule has 0 fully saturated rings. The highest BCUT2D eigenvalue weighted by Crippen LogP contribution is 1.75. The largest absolute Gasteiger partial charge is 0.360 e. The first-order valence-corrected chi connectivity index (χ1v) is 8.32. The fraction of sp³-hybridized carbons (Fsp3) is 0.143. The summed E-state index contributed by atoms with van der Waals surface area (Å²) in [6, 6.07) is 5.28. The van der Waals surface area contributed by atoms with Gasteiger partial charge in [-0.15, -0.1) is 19.3 Å². The van der Waals surface area contributed by atoms with Crippen LogP contribution in [0, 0.1) is 74.4 Å². The molecule has 33 heavy (non-hydrogen) atoms. The first-order chi connectivity index (χ1) is 15.7. The summed E-state index contributed by atoms with van der Waals surface area (Å²) >= 11 is 0. The van der Waals surface area contributed by atoms with Crippen molar-refractivity contribution in [2.45, 2.75) is 19.6 Å². The quantitative estimate of drug-likeness (QED) is 0.439. The van der Waals surface area contributed by atoms with E-state index in [1.54, 1.807) is 18.1 Å². The number of rotatable bonds is 3. The molecule has 0 unspecified atom stereocenters. The molecule has 0 radical (unpaired) electrons. The van der Waals surface area contributed by atoms with Gasteiger partial charge in [0.25, 0.3) is 0 Å². The highest BCUT2D eigenvalue weighted by Gasteiger charge is 2.13. The highest BCUT2D eigenvalue weighted by molar-refractivity contribution is 5.04. The molecule has 0 bridgehead atoms. The first-order valence-electron chi connectivity index (χ1n) is 8.32. The summed E-state index contributed by atoms with van der Waals surface area (Å²) < 4.78 is 3.12. The van der Waals surface area contributed by atoms with Gasteiger partial charge in [-0.25, -0.2) is 42.5 Å². The lowest BCUT2D eigenvalue weighted by atomic mass is 10.5. The summed E-state index contributed by atoms with van der Waals surface area (Å²) in [6.45, 7) is -0.771. The van der Waals surface area contributed by atoms with Gasteiger partial charge in [-0.1, -0.05) is 37.0 Å². The predicted octanol–water partition coefficient (Wildman–Crippen LogP) is -4.44. The smallest absolute Gasteiger partial charge is 0.247 e. The Hall–Kier alpha value is -5.82. The van der Waals surface area contributed by atoms with Crippen molar-refractivity contribution in [2.24, 2.45) is 0 Å². The van der Waals surface area contributed by atoms with E-state index in [9.17, 15) is 28.8 Å². The van der Waals surface area contributed by atoms with Crippen LogP contribution in [-0.4, -0.2) is 27.4 Å². The number of hydrogen-bond donors (Lipinski definition) is 0. The van der Waals surface area contributed by atoms with Crippen molar-refractivity contribution >= 4 is 0 Å². The maximum atomic E-state index is 11.8. The van der Waals surface area contributed by atoms with Crippen molar-refractivity contribution in [3.05, 3.63) is 62.9 Å². The molecule has 0 aliphatic carbocycles. The minimum absolute atomic E-state index is 0.257. The molecule has 0 saturated heterocycles. The summed E-state index contributed by atoms with van der Waals surface area (Å²) in [5, 5.41) is 0. The number of aromatic nitrogens is 6. The van der Waals surface area contributed by atoms with Crippen LogP contribution < -0.4 is 34.1 Å². The fourth-order valence-corrected chi connectivity index (χ4v) is 2.24. The van der Waals surface area contributed by atoms with Crippen molar-refractivity contribution in [1.82, 2.24) is 27.4 Å². The van der Waals surface area contributed by atoms with Crippen molar-refractivity contribution in [3.8, 4) is 74.4 Å². The number of nitrogens with zero attached hydrogens (tertiary/aromatic N) is 6. The van der Waals surface area contributed by atoms with Gasteiger partial charge in [0, 0.05) is 18.1 Å². The van der Waals surface area contributed by atoms with Crippen LogP contribution in [0.25, 0.3) is 0 Å². The molecule has 12 nitrogen and oxygen atoms in total. The Morgan fingerprint density at radius 1 is 0.424 bits per heavy atom. The average Bonchev–Trinajstić information content (AvgIpc) is 2.78. The van der Waals surface area contributed by atoms with Gasteiger partial charge in [0.15, 0.2) is 0 Å². The molecule has 0 atom stereocenters. The van der Waals surface area contributed by atoms with Crippen LogP contribution in [-0.2, 0) is 19.6 Å². The lowest BCUT2D eigenvalue weighted by Crippen LogP contribution is -2.54. The van der Waals surface area contributed by atoms with Gasteiger partial charge in [-0.05, 0) is 0 Å². The minimum Gasteiger partial charge on any atom is -0.247 e. The zero-order valence-electron chi connectivity index (χ0n) is 16.7. The molecule has 0 spiro atoms. The molecule has 0 N–H and O–H groups in total. The normalized spacial score (nSPS) is 8.91. The van der Waals surface area contributed by atoms with E-state index in [0.29, 0.717) is 13.7 Å². The molecule has 2 aromatic heterocycles. The van der Waals surface area contributed by atoms with Gasteiger partial charge in [0.2, 0.25) is 0 Å². The van der Waals surface area contributed by atoms with Gasteiger partial charge < -0.3 is 0 Å². The van der Waals surface area contributed by atoms with E-state index in [4.69, 9.17) is 38.5 Å². The van der Waals surface area contributed by atoms with E-state index in [0.717, 1.165) is 13.7 Å². The van der Waals surface area contributed by atoms with Crippen LogP contribution >= 0.6 is 0 Å². The lowest BCUT2D eigenvalue weighted by Gasteiger charge is -2.08. The Morgan fingerprint density at radius 2 is 0.636 bits per heavy atom. The Kier molecular flexibility index (Phi) is 8.26. The molecule has 162 valence electrons. The van der Waals surface area contributed by atoms with Crippen molar-refractivity contribution in [3.63, 3.8) is 0 Å². The fourth-order valence-electron chi connectivity index (χ4n) is 2.24. The molecule has 0 aliphatic rings. The maximum absolute atomic E-state index is 11.8. The highest BCUT2D eigenvalue weighted by atomic mass is 16.2. The van der Waals surface area contributed by atoms with Crippen LogP contribution in [0.15, 0.2) is 28.8 Å². The number of hydrogen-bond acceptors (Lipinski definition) is 6. The molecular formula is C21H12N6O6. The van der Waals surface area contributed by atoms with Crippen molar-refractivity contribution in [1.29, 1.82) is 0 Å². The molecule has 0 aromatic carbocycles. The van der Waals surface area contributed by atoms with E-state index >= 15 is 0 Å². The maximum Gasteiger partial charge on any atom is 0.360 e. The molecule has 2 aromatic rings. The van der Waals surface area contributed by atoms with E-state index in [-0.39, 0.29) is 19.6 Å². The Bertz CT molecular complexity index is 1460. The zero-order valence-corrected chi connectivity index (χ0v) is 16.7. The molecule has 0 saturated carbocycles. The minimum atomic E-state index is -1.10. The van der Waals surface area contributed by atoms with Crippen LogP contribution in [0.5, 0.6) is 0 Å². The number of terminal acetylenes is 6. The van der Waals surface area contributed by atoms with Crippen LogP contribution in [0.1, 0.15) is 0 Å². The second-order valence-corrected chi connectivity index (χ2v) is 5.46. The average molecular weight is 444 g/mol. The van der Waals surface area contributed by atoms with E-state index in [1.165, 1.54) is 0 Å². The van der Waals surface area contributed by atoms with Crippen molar-refractivity contribution < 1.29 is 0 Å². The van der Waals surface area contributed by atoms with Gasteiger partial charge >= 0.3 is 34.1 Å². The third-order valence-electron chi connectivity index (χ3n) is 3.67. The Morgan fingerprint density at radius 3 is 0.788 bits per heavy atom. The van der Waals surface area contributed by atoms with E-state index < -0.39 is 34.1 Å². The summed E-state index contributed by atoms with van der Waals surface area (Å²) in [5.41, 5.74) is -5.80. The Labute approximate surface area is 185 Å². The standard InChI is InChI=1S/C12H9N3O3.C9H3N3O3/c1-4-7-13-10(16)14(8-5-2)12(18)15(9-6-3)11(13)17;1-4-10-7(13)11(5-2)9(15)12(6-3)8(10)14/h1-3H,7-9H2;1-3H. The monoisotopic (exact) mass is 444 g/mol. The third kappa shape index (κ3) is 4.68. The molecule has 2 rings (SSSR count). The predicted molar refractivity (Wildman–Crippen MR) is 118 cm³/mol. The van der Waals surface area contributed by atoms with Gasteiger partial charge in [-0.2, -0.15) is 13.7 Å². The SMILES string of the molecule is C#CCn1c(=O)n(CC#C)c(=O)n(CC#C)c1=O.C#Cn1c(=O)n(C#C)c(=O)n(C#C)c1=O. The molecule has 0 aliphatic heterocycles. The summed E-state index contributed by atoms with van der Waals surface area (Å²) in [6.07, 6.45) is 29.9.